The molecule has 3 heteroatoms. The first-order valence-electron chi connectivity index (χ1n) is 7.30. The Morgan fingerprint density at radius 2 is 2.18 bits per heavy atom. The van der Waals surface area contributed by atoms with Gasteiger partial charge in [0.1, 0.15) is 0 Å². The summed E-state index contributed by atoms with van der Waals surface area (Å²) in [7, 11) is 2.30. The van der Waals surface area contributed by atoms with E-state index in [2.05, 4.69) is 24.2 Å². The lowest BCUT2D eigenvalue weighted by Crippen LogP contribution is -2.50. The molecule has 0 aromatic rings. The van der Waals surface area contributed by atoms with Crippen LogP contribution in [0.1, 0.15) is 32.6 Å². The molecule has 1 saturated carbocycles. The smallest absolute Gasteiger partial charge is 0.0506 e. The molecule has 0 bridgehead atoms. The zero-order valence-electron chi connectivity index (χ0n) is 11.5. The van der Waals surface area contributed by atoms with E-state index in [0.29, 0.717) is 0 Å². The summed E-state index contributed by atoms with van der Waals surface area (Å²) in [5, 5.41) is 3.49. The number of nitrogens with zero attached hydrogens (tertiary/aromatic N) is 1. The van der Waals surface area contributed by atoms with Crippen molar-refractivity contribution in [2.24, 2.45) is 11.8 Å². The van der Waals surface area contributed by atoms with Crippen LogP contribution in [-0.2, 0) is 4.74 Å². The van der Waals surface area contributed by atoms with Crippen LogP contribution < -0.4 is 5.32 Å². The number of ether oxygens (including phenoxy) is 1. The molecule has 1 heterocycles. The Bertz CT molecular complexity index is 216. The average Bonchev–Trinajstić information content (AvgIpc) is 2.29. The van der Waals surface area contributed by atoms with Crippen molar-refractivity contribution in [2.75, 3.05) is 39.9 Å². The first-order valence-corrected chi connectivity index (χ1v) is 7.30. The van der Waals surface area contributed by atoms with Crippen molar-refractivity contribution in [3.05, 3.63) is 0 Å². The summed E-state index contributed by atoms with van der Waals surface area (Å²) in [6.07, 6.45) is 5.41. The molecule has 2 fully saturated rings. The molecule has 1 N–H and O–H groups in total. The molecular formula is C14H28N2O. The van der Waals surface area contributed by atoms with Crippen LogP contribution in [0.2, 0.25) is 0 Å². The van der Waals surface area contributed by atoms with Crippen LogP contribution >= 0.6 is 0 Å². The van der Waals surface area contributed by atoms with E-state index < -0.39 is 0 Å². The monoisotopic (exact) mass is 240 g/mol. The van der Waals surface area contributed by atoms with Gasteiger partial charge >= 0.3 is 0 Å². The van der Waals surface area contributed by atoms with Gasteiger partial charge in [0, 0.05) is 19.2 Å². The second-order valence-corrected chi connectivity index (χ2v) is 5.74. The van der Waals surface area contributed by atoms with E-state index in [9.17, 15) is 0 Å². The fourth-order valence-electron chi connectivity index (χ4n) is 3.19. The van der Waals surface area contributed by atoms with Crippen LogP contribution in [-0.4, -0.2) is 50.8 Å². The molecule has 0 amide bonds. The third-order valence-electron chi connectivity index (χ3n) is 4.40. The summed E-state index contributed by atoms with van der Waals surface area (Å²) in [5.74, 6) is 1.65. The van der Waals surface area contributed by atoms with Gasteiger partial charge in [0.25, 0.3) is 0 Å². The van der Waals surface area contributed by atoms with Crippen LogP contribution in [0.25, 0.3) is 0 Å². The third-order valence-corrected chi connectivity index (χ3v) is 4.40. The normalized spacial score (nSPS) is 33.7. The minimum atomic E-state index is 0.772. The van der Waals surface area contributed by atoms with E-state index in [1.54, 1.807) is 0 Å². The lowest BCUT2D eigenvalue weighted by molar-refractivity contribution is 0.0146. The average molecular weight is 240 g/mol. The van der Waals surface area contributed by atoms with Gasteiger partial charge in [-0.3, -0.25) is 0 Å². The van der Waals surface area contributed by atoms with Crippen LogP contribution in [0, 0.1) is 11.8 Å². The maximum atomic E-state index is 5.57. The van der Waals surface area contributed by atoms with E-state index in [0.717, 1.165) is 37.6 Å². The molecule has 0 aromatic carbocycles. The SMILES string of the molecule is CCNCC1CCC1N(C)CC1CCCOC1. The van der Waals surface area contributed by atoms with Crippen LogP contribution in [0.5, 0.6) is 0 Å². The molecule has 3 atom stereocenters. The summed E-state index contributed by atoms with van der Waals surface area (Å²) >= 11 is 0. The Hall–Kier alpha value is -0.120. The van der Waals surface area contributed by atoms with Gasteiger partial charge in [-0.25, -0.2) is 0 Å². The van der Waals surface area contributed by atoms with Gasteiger partial charge in [-0.1, -0.05) is 6.92 Å². The summed E-state index contributed by atoms with van der Waals surface area (Å²) < 4.78 is 5.57. The maximum Gasteiger partial charge on any atom is 0.0506 e. The largest absolute Gasteiger partial charge is 0.381 e. The van der Waals surface area contributed by atoms with E-state index in [1.807, 2.05) is 0 Å². The van der Waals surface area contributed by atoms with Gasteiger partial charge in [0.15, 0.2) is 0 Å². The Morgan fingerprint density at radius 1 is 1.29 bits per heavy atom. The summed E-state index contributed by atoms with van der Waals surface area (Å²) in [6.45, 7) is 7.68. The summed E-state index contributed by atoms with van der Waals surface area (Å²) in [6, 6.07) is 0.816. The molecule has 17 heavy (non-hydrogen) atoms. The van der Waals surface area contributed by atoms with E-state index >= 15 is 0 Å². The Balaban J connectivity index is 1.69. The summed E-state index contributed by atoms with van der Waals surface area (Å²) in [4.78, 5) is 2.59. The van der Waals surface area contributed by atoms with Gasteiger partial charge in [-0.05, 0) is 57.7 Å². The summed E-state index contributed by atoms with van der Waals surface area (Å²) in [5.41, 5.74) is 0. The second kappa shape index (κ2) is 6.72. The molecule has 100 valence electrons. The van der Waals surface area contributed by atoms with Crippen molar-refractivity contribution < 1.29 is 4.74 Å². The second-order valence-electron chi connectivity index (χ2n) is 5.74. The van der Waals surface area contributed by atoms with E-state index in [1.165, 1.54) is 38.8 Å². The van der Waals surface area contributed by atoms with Gasteiger partial charge in [-0.2, -0.15) is 0 Å². The van der Waals surface area contributed by atoms with Crippen molar-refractivity contribution in [2.45, 2.75) is 38.6 Å². The minimum absolute atomic E-state index is 0.772. The zero-order valence-corrected chi connectivity index (χ0v) is 11.5. The van der Waals surface area contributed by atoms with Crippen molar-refractivity contribution in [3.63, 3.8) is 0 Å². The molecule has 2 rings (SSSR count). The van der Waals surface area contributed by atoms with Gasteiger partial charge in [0.2, 0.25) is 0 Å². The van der Waals surface area contributed by atoms with Gasteiger partial charge < -0.3 is 15.0 Å². The highest BCUT2D eigenvalue weighted by atomic mass is 16.5. The number of nitrogens with one attached hydrogen (secondary N) is 1. The quantitative estimate of drug-likeness (QED) is 0.765. The minimum Gasteiger partial charge on any atom is -0.381 e. The molecular weight excluding hydrogens is 212 g/mol. The molecule has 0 radical (unpaired) electrons. The van der Waals surface area contributed by atoms with E-state index in [-0.39, 0.29) is 0 Å². The van der Waals surface area contributed by atoms with Gasteiger partial charge in [0.05, 0.1) is 6.61 Å². The molecule has 0 aromatic heterocycles. The van der Waals surface area contributed by atoms with Crippen LogP contribution in [0.15, 0.2) is 0 Å². The number of hydrogen-bond donors (Lipinski definition) is 1. The first-order chi connectivity index (χ1) is 8.31. The topological polar surface area (TPSA) is 24.5 Å². The van der Waals surface area contributed by atoms with Gasteiger partial charge in [-0.15, -0.1) is 0 Å². The molecule has 3 nitrogen and oxygen atoms in total. The van der Waals surface area contributed by atoms with Crippen molar-refractivity contribution in [3.8, 4) is 0 Å². The highest BCUT2D eigenvalue weighted by molar-refractivity contribution is 4.89. The predicted octanol–water partition coefficient (Wildman–Crippen LogP) is 1.73. The van der Waals surface area contributed by atoms with Crippen molar-refractivity contribution in [1.82, 2.24) is 10.2 Å². The van der Waals surface area contributed by atoms with Crippen molar-refractivity contribution >= 4 is 0 Å². The van der Waals surface area contributed by atoms with Crippen LogP contribution in [0.3, 0.4) is 0 Å². The highest BCUT2D eigenvalue weighted by Gasteiger charge is 2.34. The van der Waals surface area contributed by atoms with E-state index in [4.69, 9.17) is 4.74 Å². The number of hydrogen-bond acceptors (Lipinski definition) is 3. The molecule has 1 aliphatic carbocycles. The Kier molecular flexibility index (Phi) is 5.26. The lowest BCUT2D eigenvalue weighted by atomic mass is 9.78. The molecule has 0 spiro atoms. The fourth-order valence-corrected chi connectivity index (χ4v) is 3.19. The third kappa shape index (κ3) is 3.67. The maximum absolute atomic E-state index is 5.57. The highest BCUT2D eigenvalue weighted by Crippen LogP contribution is 2.31. The first kappa shape index (κ1) is 13.3. The molecule has 3 unspecified atom stereocenters. The number of rotatable bonds is 6. The predicted molar refractivity (Wildman–Crippen MR) is 71.2 cm³/mol. The zero-order chi connectivity index (χ0) is 12.1. The molecule has 1 saturated heterocycles. The Morgan fingerprint density at radius 3 is 2.76 bits per heavy atom. The van der Waals surface area contributed by atoms with Crippen molar-refractivity contribution in [1.29, 1.82) is 0 Å². The molecule has 2 aliphatic rings. The lowest BCUT2D eigenvalue weighted by Gasteiger charge is -2.44. The fraction of sp³-hybridized carbons (Fsp3) is 1.00. The Labute approximate surface area is 106 Å². The van der Waals surface area contributed by atoms with Crippen LogP contribution in [0.4, 0.5) is 0 Å². The molecule has 1 aliphatic heterocycles. The standard InChI is InChI=1S/C14H28N2O/c1-3-15-9-13-6-7-14(13)16(2)10-12-5-4-8-17-11-12/h12-15H,3-11H2,1-2H3.